The van der Waals surface area contributed by atoms with Crippen molar-refractivity contribution in [1.29, 1.82) is 0 Å². The zero-order valence-electron chi connectivity index (χ0n) is 11.5. The van der Waals surface area contributed by atoms with Crippen LogP contribution in [0.4, 0.5) is 0 Å². The van der Waals surface area contributed by atoms with Crippen LogP contribution in [0.15, 0.2) is 76.2 Å². The highest BCUT2D eigenvalue weighted by atomic mass is 16.4. The third-order valence-electron chi connectivity index (χ3n) is 3.70. The van der Waals surface area contributed by atoms with Gasteiger partial charge in [-0.05, 0) is 11.1 Å². The highest BCUT2D eigenvalue weighted by molar-refractivity contribution is 6.06. The third-order valence-corrected chi connectivity index (χ3v) is 3.70. The highest BCUT2D eigenvalue weighted by Crippen LogP contribution is 2.30. The van der Waals surface area contributed by atoms with E-state index in [1.807, 2.05) is 36.4 Å². The number of nitrogens with zero attached hydrogens (tertiary/aromatic N) is 1. The molecule has 2 heterocycles. The minimum atomic E-state index is -0.634. The number of fused-ring (bicyclic) bond motifs is 3. The van der Waals surface area contributed by atoms with Crippen molar-refractivity contribution in [2.45, 2.75) is 0 Å². The molecule has 0 saturated heterocycles. The van der Waals surface area contributed by atoms with Crippen LogP contribution in [0.3, 0.4) is 0 Å². The third kappa shape index (κ3) is 1.78. The summed E-state index contributed by atoms with van der Waals surface area (Å²) in [7, 11) is 0. The smallest absolute Gasteiger partial charge is 0.408 e. The summed E-state index contributed by atoms with van der Waals surface area (Å²) in [6, 6.07) is 16.4. The number of rotatable bonds is 1. The Kier molecular flexibility index (Phi) is 2.69. The molecule has 0 radical (unpaired) electrons. The molecule has 0 amide bonds. The van der Waals surface area contributed by atoms with E-state index in [0.717, 1.165) is 10.8 Å². The molecule has 4 heteroatoms. The molecular weight excluding hydrogens is 278 g/mol. The molecule has 0 saturated carbocycles. The lowest BCUT2D eigenvalue weighted by Crippen LogP contribution is -2.36. The second-order valence-corrected chi connectivity index (χ2v) is 5.01. The van der Waals surface area contributed by atoms with Gasteiger partial charge < -0.3 is 9.52 Å². The van der Waals surface area contributed by atoms with Crippen LogP contribution in [0.1, 0.15) is 0 Å². The molecule has 106 valence electrons. The van der Waals surface area contributed by atoms with Gasteiger partial charge in [-0.25, -0.2) is 4.79 Å². The van der Waals surface area contributed by atoms with E-state index < -0.39 is 5.63 Å². The Hall–Kier alpha value is -3.14. The van der Waals surface area contributed by atoms with Gasteiger partial charge in [0.15, 0.2) is 12.4 Å². The summed E-state index contributed by atoms with van der Waals surface area (Å²) in [4.78, 5) is 12.3. The molecule has 2 aromatic heterocycles. The first kappa shape index (κ1) is 12.6. The minimum Gasteiger partial charge on any atom is -0.867 e. The van der Waals surface area contributed by atoms with Crippen LogP contribution < -0.4 is 15.3 Å². The second-order valence-electron chi connectivity index (χ2n) is 5.01. The molecule has 0 fully saturated rings. The van der Waals surface area contributed by atoms with Crippen molar-refractivity contribution >= 4 is 21.7 Å². The van der Waals surface area contributed by atoms with Crippen molar-refractivity contribution < 1.29 is 14.1 Å². The predicted molar refractivity (Wildman–Crippen MR) is 81.0 cm³/mol. The summed E-state index contributed by atoms with van der Waals surface area (Å²) in [5.41, 5.74) is -0.290. The van der Waals surface area contributed by atoms with Gasteiger partial charge >= 0.3 is 5.63 Å². The first-order valence-electron chi connectivity index (χ1n) is 6.88. The number of benzene rings is 2. The molecule has 4 nitrogen and oxygen atoms in total. The van der Waals surface area contributed by atoms with E-state index >= 15 is 0 Å². The van der Waals surface area contributed by atoms with Crippen molar-refractivity contribution in [2.24, 2.45) is 0 Å². The van der Waals surface area contributed by atoms with Gasteiger partial charge in [0.05, 0.1) is 0 Å². The van der Waals surface area contributed by atoms with E-state index in [-0.39, 0.29) is 11.4 Å². The average Bonchev–Trinajstić information content (AvgIpc) is 2.56. The lowest BCUT2D eigenvalue weighted by molar-refractivity contribution is -0.601. The van der Waals surface area contributed by atoms with Crippen molar-refractivity contribution in [2.75, 3.05) is 0 Å². The molecule has 4 aromatic rings. The van der Waals surface area contributed by atoms with Crippen LogP contribution in [0.5, 0.6) is 5.75 Å². The molecule has 0 aliphatic rings. The monoisotopic (exact) mass is 289 g/mol. The van der Waals surface area contributed by atoms with Gasteiger partial charge in [-0.15, -0.1) is 0 Å². The molecule has 0 aliphatic heterocycles. The van der Waals surface area contributed by atoms with Gasteiger partial charge in [-0.3, -0.25) is 0 Å². The average molecular weight is 289 g/mol. The maximum atomic E-state index is 12.7. The highest BCUT2D eigenvalue weighted by Gasteiger charge is 2.17. The Labute approximate surface area is 125 Å². The zero-order chi connectivity index (χ0) is 15.1. The summed E-state index contributed by atoms with van der Waals surface area (Å²) in [5, 5.41) is 14.8. The maximum Gasteiger partial charge on any atom is 0.408 e. The summed E-state index contributed by atoms with van der Waals surface area (Å²) < 4.78 is 6.95. The van der Waals surface area contributed by atoms with Crippen molar-refractivity contribution in [3.63, 3.8) is 0 Å². The van der Waals surface area contributed by atoms with Crippen molar-refractivity contribution in [3.8, 4) is 11.4 Å². The first-order valence-corrected chi connectivity index (χ1v) is 6.88. The lowest BCUT2D eigenvalue weighted by Gasteiger charge is -2.12. The minimum absolute atomic E-state index is 0.00313. The Bertz CT molecular complexity index is 1050. The Morgan fingerprint density at radius 2 is 1.64 bits per heavy atom. The number of aromatic nitrogens is 1. The zero-order valence-corrected chi connectivity index (χ0v) is 11.5. The fourth-order valence-corrected chi connectivity index (χ4v) is 2.66. The molecule has 0 unspecified atom stereocenters. The quantitative estimate of drug-likeness (QED) is 0.307. The lowest BCUT2D eigenvalue weighted by atomic mass is 10.1. The molecule has 4 rings (SSSR count). The molecule has 22 heavy (non-hydrogen) atoms. The van der Waals surface area contributed by atoms with Crippen LogP contribution in [-0.2, 0) is 0 Å². The van der Waals surface area contributed by atoms with Crippen molar-refractivity contribution in [1.82, 2.24) is 0 Å². The van der Waals surface area contributed by atoms with Gasteiger partial charge in [-0.2, -0.15) is 4.57 Å². The van der Waals surface area contributed by atoms with Gasteiger partial charge in [0.1, 0.15) is 5.58 Å². The maximum absolute atomic E-state index is 12.7. The van der Waals surface area contributed by atoms with Crippen LogP contribution in [0.2, 0.25) is 0 Å². The Morgan fingerprint density at radius 1 is 0.864 bits per heavy atom. The van der Waals surface area contributed by atoms with Gasteiger partial charge in [0, 0.05) is 22.9 Å². The molecule has 0 aliphatic carbocycles. The van der Waals surface area contributed by atoms with Crippen molar-refractivity contribution in [3.05, 3.63) is 77.4 Å². The molecular formula is C18H11NO3. The number of hydrogen-bond donors (Lipinski definition) is 0. The van der Waals surface area contributed by atoms with Gasteiger partial charge in [0.25, 0.3) is 5.69 Å². The summed E-state index contributed by atoms with van der Waals surface area (Å²) in [6.07, 6.45) is 3.31. The molecule has 0 spiro atoms. The summed E-state index contributed by atoms with van der Waals surface area (Å²) in [6.45, 7) is 0. The van der Waals surface area contributed by atoms with E-state index in [1.54, 1.807) is 30.6 Å². The van der Waals surface area contributed by atoms with Gasteiger partial charge in [-0.1, -0.05) is 42.5 Å². The number of pyridine rings is 1. The Morgan fingerprint density at radius 3 is 2.45 bits per heavy atom. The molecule has 0 N–H and O–H groups in total. The summed E-state index contributed by atoms with van der Waals surface area (Å²) in [5.74, 6) is -0.326. The normalized spacial score (nSPS) is 11.1. The van der Waals surface area contributed by atoms with Gasteiger partial charge in [0.2, 0.25) is 0 Å². The standard InChI is InChI=1S/C18H11NO3/c20-16-14-9-8-12-6-2-3-7-13(12)17(14)22-18(21)15(16)19-10-4-1-5-11-19/h1-11H. The molecule has 0 atom stereocenters. The molecule has 0 bridgehead atoms. The van der Waals surface area contributed by atoms with E-state index in [4.69, 9.17) is 4.42 Å². The topological polar surface area (TPSA) is 57.1 Å². The van der Waals surface area contributed by atoms with E-state index in [9.17, 15) is 9.90 Å². The Balaban J connectivity index is 2.15. The van der Waals surface area contributed by atoms with Crippen LogP contribution >= 0.6 is 0 Å². The predicted octanol–water partition coefficient (Wildman–Crippen LogP) is 2.30. The SMILES string of the molecule is O=c1oc2c(ccc3ccccc32)c([O-])c1-[n+]1ccccc1. The fourth-order valence-electron chi connectivity index (χ4n) is 2.66. The summed E-state index contributed by atoms with van der Waals surface area (Å²) >= 11 is 0. The van der Waals surface area contributed by atoms with Crippen LogP contribution in [-0.4, -0.2) is 0 Å². The van der Waals surface area contributed by atoms with E-state index in [2.05, 4.69) is 0 Å². The van der Waals surface area contributed by atoms with E-state index in [1.165, 1.54) is 4.57 Å². The van der Waals surface area contributed by atoms with Crippen LogP contribution in [0, 0.1) is 0 Å². The molecule has 2 aromatic carbocycles. The largest absolute Gasteiger partial charge is 0.867 e. The second kappa shape index (κ2) is 4.70. The fraction of sp³-hybridized carbons (Fsp3) is 0. The first-order chi connectivity index (χ1) is 10.8. The van der Waals surface area contributed by atoms with E-state index in [0.29, 0.717) is 11.0 Å². The van der Waals surface area contributed by atoms with Crippen LogP contribution in [0.25, 0.3) is 27.4 Å². The number of hydrogen-bond acceptors (Lipinski definition) is 3.